The molecule has 1 radical (unpaired) electrons. The first-order valence-electron chi connectivity index (χ1n) is 11.6. The van der Waals surface area contributed by atoms with Gasteiger partial charge in [-0.25, -0.2) is 22.5 Å². The third-order valence-electron chi connectivity index (χ3n) is 5.20. The van der Waals surface area contributed by atoms with Gasteiger partial charge in [0.2, 0.25) is 0 Å². The van der Waals surface area contributed by atoms with Crippen LogP contribution in [0.2, 0.25) is 51.4 Å². The van der Waals surface area contributed by atoms with Crippen molar-refractivity contribution in [2.75, 3.05) is 0 Å². The smallest absolute Gasteiger partial charge is 1.00 e. The van der Waals surface area contributed by atoms with Gasteiger partial charge in [-0.2, -0.15) is 35.4 Å². The molecule has 0 aliphatic rings. The van der Waals surface area contributed by atoms with Gasteiger partial charge in [0.1, 0.15) is 0 Å². The maximum absolute atomic E-state index is 2.40. The van der Waals surface area contributed by atoms with Crippen molar-refractivity contribution < 1.29 is 50.7 Å². The average Bonchev–Trinajstić information content (AvgIpc) is 3.26. The van der Waals surface area contributed by atoms with Crippen LogP contribution in [0.15, 0.2) is 36.4 Å². The maximum atomic E-state index is 2.40. The topological polar surface area (TPSA) is 0 Å². The first-order valence-corrected chi connectivity index (χ1v) is 20.2. The van der Waals surface area contributed by atoms with E-state index in [1.165, 1.54) is 23.2 Å². The summed E-state index contributed by atoms with van der Waals surface area (Å²) in [5, 5.41) is 3.18. The van der Waals surface area contributed by atoms with E-state index in [4.69, 9.17) is 0 Å². The Kier molecular flexibility index (Phi) is 23.8. The van der Waals surface area contributed by atoms with Crippen LogP contribution in [0.4, 0.5) is 0 Å². The van der Waals surface area contributed by atoms with Crippen LogP contribution in [0.3, 0.4) is 0 Å². The fraction of sp³-hybridized carbons (Fsp3) is 0.615. The van der Waals surface area contributed by atoms with Crippen LogP contribution < -0.4 is 35.2 Å². The first-order chi connectivity index (χ1) is 13.2. The molecule has 0 saturated carbocycles. The molecule has 6 heteroatoms. The van der Waals surface area contributed by atoms with Crippen LogP contribution >= 0.6 is 0 Å². The maximum Gasteiger partial charge on any atom is 4.00 e. The molecule has 0 aliphatic heterocycles. The summed E-state index contributed by atoms with van der Waals surface area (Å²) in [5.74, 6) is 1.35. The molecule has 0 fully saturated rings. The van der Waals surface area contributed by atoms with Crippen LogP contribution in [-0.4, -0.2) is 25.7 Å². The van der Waals surface area contributed by atoms with Gasteiger partial charge in [-0.05, 0) is 11.8 Å². The minimum absolute atomic E-state index is 0. The van der Waals surface area contributed by atoms with Crippen molar-refractivity contribution in [3.63, 3.8) is 0 Å². The predicted octanol–water partition coefficient (Wildman–Crippen LogP) is 1.45. The molecule has 2 aromatic carbocycles. The summed E-state index contributed by atoms with van der Waals surface area (Å²) < 4.78 is 0. The molecule has 2 aromatic rings. The first kappa shape index (κ1) is 40.0. The van der Waals surface area contributed by atoms with Gasteiger partial charge >= 0.3 is 25.8 Å². The van der Waals surface area contributed by atoms with E-state index in [1.807, 2.05) is 0 Å². The molecule has 0 saturated heterocycles. The van der Waals surface area contributed by atoms with Crippen LogP contribution in [0, 0.1) is 0 Å². The largest absolute Gasteiger partial charge is 4.00 e. The van der Waals surface area contributed by atoms with Crippen molar-refractivity contribution in [2.45, 2.75) is 105 Å². The Morgan fingerprint density at radius 2 is 0.969 bits per heavy atom. The van der Waals surface area contributed by atoms with Gasteiger partial charge in [-0.1, -0.05) is 92.9 Å². The number of rotatable bonds is 6. The monoisotopic (exact) mass is 695 g/mol. The minimum Gasteiger partial charge on any atom is -1.00 e. The Morgan fingerprint density at radius 3 is 1.06 bits per heavy atom. The quantitative estimate of drug-likeness (QED) is 0.318. The summed E-state index contributed by atoms with van der Waals surface area (Å²) >= 11 is 0. The Labute approximate surface area is 237 Å². The molecular formula is C26H49Cl2HfSi3. The van der Waals surface area contributed by atoms with Crippen LogP contribution in [0.1, 0.15) is 64.5 Å². The van der Waals surface area contributed by atoms with E-state index < -0.39 is 16.1 Å². The van der Waals surface area contributed by atoms with E-state index in [0.717, 1.165) is 9.52 Å². The van der Waals surface area contributed by atoms with Crippen LogP contribution in [0.5, 0.6) is 0 Å². The molecule has 0 bridgehead atoms. The number of hydrogen-bond acceptors (Lipinski definition) is 0. The molecule has 32 heavy (non-hydrogen) atoms. The molecule has 0 amide bonds. The van der Waals surface area contributed by atoms with Crippen molar-refractivity contribution in [1.29, 1.82) is 0 Å². The second-order valence-corrected chi connectivity index (χ2v) is 23.1. The molecule has 0 aromatic heterocycles. The third kappa shape index (κ3) is 16.4. The molecule has 0 spiro atoms. The van der Waals surface area contributed by atoms with Gasteiger partial charge in [0, 0.05) is 25.7 Å². The minimum atomic E-state index is -1.06. The Hall–Kier alpha value is 0.801. The predicted molar refractivity (Wildman–Crippen MR) is 146 cm³/mol. The Morgan fingerprint density at radius 1 is 0.688 bits per heavy atom. The number of hydrogen-bond donors (Lipinski definition) is 0. The summed E-state index contributed by atoms with van der Waals surface area (Å²) in [7, 11) is -1.30. The van der Waals surface area contributed by atoms with Gasteiger partial charge < -0.3 is 24.8 Å². The number of halogens is 2. The van der Waals surface area contributed by atoms with Gasteiger partial charge in [-0.3, -0.25) is 0 Å². The van der Waals surface area contributed by atoms with Crippen molar-refractivity contribution in [3.8, 4) is 0 Å². The van der Waals surface area contributed by atoms with Gasteiger partial charge in [0.05, 0.1) is 0 Å². The van der Waals surface area contributed by atoms with Crippen LogP contribution in [-0.2, 0) is 25.8 Å². The molecule has 0 unspecified atom stereocenters. The van der Waals surface area contributed by atoms with E-state index >= 15 is 0 Å². The summed E-state index contributed by atoms with van der Waals surface area (Å²) in [6.45, 7) is 27.9. The molecule has 0 nitrogen and oxygen atoms in total. The standard InChI is InChI=1S/2C11H19Si.C4H11Si.2ClH.Hf/c2*1-9(2)10-6-7-11(8-10)12(3,4)5;1-3-5-4-2;;;/h2*6-9H,1-5H3;5H,3-4H2,1-2H3;2*1H;/q2*-1;;;;+4/p-2. The van der Waals surface area contributed by atoms with E-state index in [-0.39, 0.29) is 50.7 Å². The van der Waals surface area contributed by atoms with Gasteiger partial charge in [0.25, 0.3) is 0 Å². The summed E-state index contributed by atoms with van der Waals surface area (Å²) in [5.41, 5.74) is 2.99. The summed E-state index contributed by atoms with van der Waals surface area (Å²) in [4.78, 5) is 0. The zero-order chi connectivity index (χ0) is 22.8. The van der Waals surface area contributed by atoms with E-state index in [9.17, 15) is 0 Å². The zero-order valence-electron chi connectivity index (χ0n) is 22.9. The SMILES string of the molecule is CC(C)c1cc([Si](C)(C)C)c[cH-]1.CC(C)c1cc([Si](C)(C)C)c[cH-]1.CC[SiH]CC.[Cl-].[Cl-].[Hf+4]. The Bertz CT molecular complexity index is 620. The van der Waals surface area contributed by atoms with Crippen molar-refractivity contribution in [3.05, 3.63) is 47.5 Å². The van der Waals surface area contributed by atoms with E-state index in [0.29, 0.717) is 11.8 Å². The van der Waals surface area contributed by atoms with Gasteiger partial charge in [-0.15, -0.1) is 0 Å². The fourth-order valence-corrected chi connectivity index (χ4v) is 5.81. The van der Waals surface area contributed by atoms with E-state index in [2.05, 4.69) is 117 Å². The van der Waals surface area contributed by atoms with Crippen LogP contribution in [0.25, 0.3) is 0 Å². The van der Waals surface area contributed by atoms with Gasteiger partial charge in [0.15, 0.2) is 0 Å². The molecule has 0 heterocycles. The normalized spacial score (nSPS) is 10.7. The van der Waals surface area contributed by atoms with Crippen molar-refractivity contribution in [2.24, 2.45) is 0 Å². The average molecular weight is 695 g/mol. The second kappa shape index (κ2) is 19.0. The fourth-order valence-electron chi connectivity index (χ4n) is 2.86. The summed E-state index contributed by atoms with van der Waals surface area (Å²) in [6, 6.07) is 16.8. The molecule has 183 valence electrons. The third-order valence-corrected chi connectivity index (χ3v) is 10.4. The molecule has 0 atom stereocenters. The van der Waals surface area contributed by atoms with Crippen molar-refractivity contribution in [1.82, 2.24) is 0 Å². The summed E-state index contributed by atoms with van der Waals surface area (Å²) in [6.07, 6.45) is 0. The molecular weight excluding hydrogens is 646 g/mol. The van der Waals surface area contributed by atoms with Crippen molar-refractivity contribution >= 4 is 36.0 Å². The van der Waals surface area contributed by atoms with E-state index in [1.54, 1.807) is 10.4 Å². The Balaban J connectivity index is -0.000000189. The molecule has 2 rings (SSSR count). The zero-order valence-corrected chi connectivity index (χ0v) is 31.1. The molecule has 0 aliphatic carbocycles. The molecule has 0 N–H and O–H groups in total. The second-order valence-electron chi connectivity index (χ2n) is 10.8.